The average Bonchev–Trinajstić information content (AvgIpc) is 2.34. The molecule has 0 aliphatic carbocycles. The minimum absolute atomic E-state index is 0.711. The smallest absolute Gasteiger partial charge is 0.161 e. The molecule has 0 bridgehead atoms. The standard InChI is InChI=1S/C6H5N3O/c1-4-6-5(9-10-4)2-3-7-8-6/h2-3H,1H3. The molecule has 0 N–H and O–H groups in total. The van der Waals surface area contributed by atoms with Crippen molar-refractivity contribution in [3.63, 3.8) is 0 Å². The van der Waals surface area contributed by atoms with Gasteiger partial charge in [0.25, 0.3) is 0 Å². The van der Waals surface area contributed by atoms with Crippen LogP contribution in [0.1, 0.15) is 5.76 Å². The Hall–Kier alpha value is -1.45. The van der Waals surface area contributed by atoms with Crippen molar-refractivity contribution >= 4 is 11.0 Å². The number of aromatic nitrogens is 3. The van der Waals surface area contributed by atoms with Gasteiger partial charge in [0.05, 0.1) is 6.20 Å². The van der Waals surface area contributed by atoms with Crippen molar-refractivity contribution in [1.29, 1.82) is 0 Å². The Morgan fingerprint density at radius 3 is 3.20 bits per heavy atom. The predicted octanol–water partition coefficient (Wildman–Crippen LogP) is 0.926. The number of rotatable bonds is 0. The minimum Gasteiger partial charge on any atom is -0.359 e. The minimum atomic E-state index is 0.711. The molecule has 0 unspecified atom stereocenters. The van der Waals surface area contributed by atoms with E-state index >= 15 is 0 Å². The first-order valence-corrected chi connectivity index (χ1v) is 2.91. The maximum atomic E-state index is 4.86. The van der Waals surface area contributed by atoms with Gasteiger partial charge in [0.15, 0.2) is 11.3 Å². The van der Waals surface area contributed by atoms with E-state index in [1.54, 1.807) is 12.3 Å². The van der Waals surface area contributed by atoms with Gasteiger partial charge in [-0.15, -0.1) is 5.10 Å². The summed E-state index contributed by atoms with van der Waals surface area (Å²) in [5.41, 5.74) is 1.50. The Labute approximate surface area is 56.9 Å². The third kappa shape index (κ3) is 0.586. The molecule has 0 aliphatic heterocycles. The zero-order valence-corrected chi connectivity index (χ0v) is 5.40. The molecule has 50 valence electrons. The molecule has 0 saturated carbocycles. The third-order valence-corrected chi connectivity index (χ3v) is 1.31. The highest BCUT2D eigenvalue weighted by atomic mass is 16.5. The summed E-state index contributed by atoms with van der Waals surface area (Å²) >= 11 is 0. The molecular formula is C6H5N3O. The van der Waals surface area contributed by atoms with E-state index in [-0.39, 0.29) is 0 Å². The predicted molar refractivity (Wildman–Crippen MR) is 34.3 cm³/mol. The second kappa shape index (κ2) is 1.76. The molecule has 2 heterocycles. The molecule has 10 heavy (non-hydrogen) atoms. The van der Waals surface area contributed by atoms with Crippen LogP contribution in [0.4, 0.5) is 0 Å². The fourth-order valence-electron chi connectivity index (χ4n) is 0.810. The van der Waals surface area contributed by atoms with Gasteiger partial charge >= 0.3 is 0 Å². The summed E-state index contributed by atoms with van der Waals surface area (Å²) in [5.74, 6) is 0.711. The molecule has 2 aromatic rings. The van der Waals surface area contributed by atoms with Crippen LogP contribution in [0, 0.1) is 6.92 Å². The first kappa shape index (κ1) is 5.34. The first-order chi connectivity index (χ1) is 4.88. The molecule has 0 radical (unpaired) electrons. The zero-order chi connectivity index (χ0) is 6.97. The molecule has 0 atom stereocenters. The van der Waals surface area contributed by atoms with E-state index in [0.717, 1.165) is 11.0 Å². The van der Waals surface area contributed by atoms with Crippen molar-refractivity contribution in [1.82, 2.24) is 15.4 Å². The van der Waals surface area contributed by atoms with E-state index in [0.29, 0.717) is 5.76 Å². The lowest BCUT2D eigenvalue weighted by Crippen LogP contribution is -1.79. The van der Waals surface area contributed by atoms with E-state index in [1.165, 1.54) is 0 Å². The van der Waals surface area contributed by atoms with Crippen LogP contribution in [0.15, 0.2) is 16.8 Å². The molecule has 2 aromatic heterocycles. The molecule has 4 heteroatoms. The topological polar surface area (TPSA) is 51.8 Å². The maximum Gasteiger partial charge on any atom is 0.161 e. The summed E-state index contributed by atoms with van der Waals surface area (Å²) in [7, 11) is 0. The van der Waals surface area contributed by atoms with Crippen molar-refractivity contribution in [3.05, 3.63) is 18.0 Å². The highest BCUT2D eigenvalue weighted by Gasteiger charge is 2.02. The highest BCUT2D eigenvalue weighted by molar-refractivity contribution is 5.74. The molecule has 0 fully saturated rings. The Bertz CT molecular complexity index is 355. The van der Waals surface area contributed by atoms with Crippen LogP contribution in [-0.2, 0) is 0 Å². The lowest BCUT2D eigenvalue weighted by atomic mass is 10.4. The lowest BCUT2D eigenvalue weighted by molar-refractivity contribution is 0.405. The van der Waals surface area contributed by atoms with Crippen LogP contribution in [-0.4, -0.2) is 15.4 Å². The fourth-order valence-corrected chi connectivity index (χ4v) is 0.810. The normalized spacial score (nSPS) is 10.5. The van der Waals surface area contributed by atoms with Crippen LogP contribution in [0.25, 0.3) is 11.0 Å². The molecule has 0 aliphatic rings. The van der Waals surface area contributed by atoms with Gasteiger partial charge in [-0.25, -0.2) is 0 Å². The number of hydrogen-bond acceptors (Lipinski definition) is 4. The molecule has 4 nitrogen and oxygen atoms in total. The zero-order valence-electron chi connectivity index (χ0n) is 5.40. The van der Waals surface area contributed by atoms with E-state index in [1.807, 2.05) is 6.92 Å². The summed E-state index contributed by atoms with van der Waals surface area (Å²) in [4.78, 5) is 0. The highest BCUT2D eigenvalue weighted by Crippen LogP contribution is 2.11. The van der Waals surface area contributed by atoms with Gasteiger partial charge in [-0.3, -0.25) is 0 Å². The van der Waals surface area contributed by atoms with Crippen molar-refractivity contribution < 1.29 is 4.52 Å². The quantitative estimate of drug-likeness (QED) is 0.539. The SMILES string of the molecule is Cc1onc2ccnnc12. The summed E-state index contributed by atoms with van der Waals surface area (Å²) in [6, 6.07) is 1.76. The molecule has 0 spiro atoms. The summed E-state index contributed by atoms with van der Waals surface area (Å²) in [6.07, 6.45) is 1.59. The van der Waals surface area contributed by atoms with Crippen LogP contribution in [0.3, 0.4) is 0 Å². The van der Waals surface area contributed by atoms with Crippen LogP contribution < -0.4 is 0 Å². The monoisotopic (exact) mass is 135 g/mol. The molecule has 0 amide bonds. The van der Waals surface area contributed by atoms with E-state index < -0.39 is 0 Å². The Morgan fingerprint density at radius 1 is 1.50 bits per heavy atom. The second-order valence-corrected chi connectivity index (χ2v) is 2.00. The van der Waals surface area contributed by atoms with E-state index in [4.69, 9.17) is 4.52 Å². The second-order valence-electron chi connectivity index (χ2n) is 2.00. The van der Waals surface area contributed by atoms with Crippen molar-refractivity contribution in [2.24, 2.45) is 0 Å². The first-order valence-electron chi connectivity index (χ1n) is 2.91. The van der Waals surface area contributed by atoms with Crippen molar-refractivity contribution in [2.75, 3.05) is 0 Å². The molecule has 0 saturated heterocycles. The van der Waals surface area contributed by atoms with Gasteiger partial charge in [0.1, 0.15) is 5.52 Å². The lowest BCUT2D eigenvalue weighted by Gasteiger charge is -1.80. The maximum absolute atomic E-state index is 4.86. The number of hydrogen-bond donors (Lipinski definition) is 0. The Morgan fingerprint density at radius 2 is 2.40 bits per heavy atom. The van der Waals surface area contributed by atoms with E-state index in [9.17, 15) is 0 Å². The van der Waals surface area contributed by atoms with Gasteiger partial charge in [-0.1, -0.05) is 5.16 Å². The van der Waals surface area contributed by atoms with Crippen molar-refractivity contribution in [3.8, 4) is 0 Å². The van der Waals surface area contributed by atoms with Gasteiger partial charge in [0.2, 0.25) is 0 Å². The van der Waals surface area contributed by atoms with Crippen LogP contribution >= 0.6 is 0 Å². The Balaban J connectivity index is 2.93. The van der Waals surface area contributed by atoms with Gasteiger partial charge in [0, 0.05) is 0 Å². The summed E-state index contributed by atoms with van der Waals surface area (Å²) in [5, 5.41) is 11.3. The summed E-state index contributed by atoms with van der Waals surface area (Å²) in [6.45, 7) is 1.81. The summed E-state index contributed by atoms with van der Waals surface area (Å²) < 4.78 is 4.86. The number of fused-ring (bicyclic) bond motifs is 1. The fraction of sp³-hybridized carbons (Fsp3) is 0.167. The third-order valence-electron chi connectivity index (χ3n) is 1.31. The van der Waals surface area contributed by atoms with Crippen molar-refractivity contribution in [2.45, 2.75) is 6.92 Å². The van der Waals surface area contributed by atoms with Gasteiger partial charge in [-0.2, -0.15) is 5.10 Å². The molecular weight excluding hydrogens is 130 g/mol. The van der Waals surface area contributed by atoms with Crippen LogP contribution in [0.2, 0.25) is 0 Å². The van der Waals surface area contributed by atoms with Gasteiger partial charge in [-0.05, 0) is 13.0 Å². The number of aryl methyl sites for hydroxylation is 1. The molecule has 2 rings (SSSR count). The molecule has 0 aromatic carbocycles. The van der Waals surface area contributed by atoms with E-state index in [2.05, 4.69) is 15.4 Å². The average molecular weight is 135 g/mol. The van der Waals surface area contributed by atoms with Crippen LogP contribution in [0.5, 0.6) is 0 Å². The Kier molecular flexibility index (Phi) is 0.943. The van der Waals surface area contributed by atoms with Gasteiger partial charge < -0.3 is 4.52 Å². The largest absolute Gasteiger partial charge is 0.359 e. The number of nitrogens with zero attached hydrogens (tertiary/aromatic N) is 3.